The topological polar surface area (TPSA) is 88.0 Å². The van der Waals surface area contributed by atoms with Crippen molar-refractivity contribution in [2.24, 2.45) is 0 Å². The van der Waals surface area contributed by atoms with Crippen molar-refractivity contribution < 1.29 is 9.18 Å². The fourth-order valence-electron chi connectivity index (χ4n) is 2.78. The maximum atomic E-state index is 13.1. The molecule has 0 saturated heterocycles. The molecule has 0 aliphatic heterocycles. The molecule has 136 valence electrons. The molecule has 0 aliphatic rings. The molecule has 0 fully saturated rings. The van der Waals surface area contributed by atoms with E-state index in [9.17, 15) is 9.18 Å². The van der Waals surface area contributed by atoms with E-state index in [-0.39, 0.29) is 11.7 Å². The van der Waals surface area contributed by atoms with E-state index in [4.69, 9.17) is 0 Å². The predicted octanol–water partition coefficient (Wildman–Crippen LogP) is 2.54. The zero-order valence-electron chi connectivity index (χ0n) is 14.6. The van der Waals surface area contributed by atoms with Gasteiger partial charge in [-0.3, -0.25) is 9.89 Å². The Morgan fingerprint density at radius 1 is 1.15 bits per heavy atom. The number of aryl methyl sites for hydroxylation is 1. The summed E-state index contributed by atoms with van der Waals surface area (Å²) in [5, 5.41) is 9.67. The van der Waals surface area contributed by atoms with E-state index in [1.165, 1.54) is 12.1 Å². The minimum atomic E-state index is -0.290. The van der Waals surface area contributed by atoms with Crippen molar-refractivity contribution in [2.45, 2.75) is 13.3 Å². The van der Waals surface area contributed by atoms with Crippen LogP contribution in [0.5, 0.6) is 0 Å². The van der Waals surface area contributed by atoms with Crippen molar-refractivity contribution in [3.8, 4) is 11.3 Å². The molecule has 7 nitrogen and oxygen atoms in total. The lowest BCUT2D eigenvalue weighted by atomic mass is 10.2. The molecule has 0 bridgehead atoms. The van der Waals surface area contributed by atoms with E-state index < -0.39 is 0 Å². The van der Waals surface area contributed by atoms with E-state index in [0.717, 1.165) is 11.4 Å². The van der Waals surface area contributed by atoms with Crippen LogP contribution in [-0.2, 0) is 6.42 Å². The molecule has 0 saturated carbocycles. The molecular formula is C19H17FN6O. The van der Waals surface area contributed by atoms with Crippen molar-refractivity contribution in [1.82, 2.24) is 29.9 Å². The maximum Gasteiger partial charge on any atom is 0.252 e. The fraction of sp³-hybridized carbons (Fsp3) is 0.158. The minimum absolute atomic E-state index is 0.179. The molecule has 3 aromatic heterocycles. The van der Waals surface area contributed by atoms with E-state index in [0.29, 0.717) is 35.7 Å². The lowest BCUT2D eigenvalue weighted by molar-refractivity contribution is 0.0953. The Morgan fingerprint density at radius 2 is 1.96 bits per heavy atom. The number of pyridine rings is 1. The minimum Gasteiger partial charge on any atom is -0.352 e. The number of imidazole rings is 1. The highest BCUT2D eigenvalue weighted by Crippen LogP contribution is 2.20. The number of aromatic nitrogens is 5. The van der Waals surface area contributed by atoms with Gasteiger partial charge in [-0.1, -0.05) is 0 Å². The van der Waals surface area contributed by atoms with Crippen LogP contribution in [0.2, 0.25) is 0 Å². The summed E-state index contributed by atoms with van der Waals surface area (Å²) in [6, 6.07) is 9.65. The summed E-state index contributed by atoms with van der Waals surface area (Å²) in [7, 11) is 0. The third-order valence-corrected chi connectivity index (χ3v) is 4.13. The summed E-state index contributed by atoms with van der Waals surface area (Å²) in [4.78, 5) is 21.1. The van der Waals surface area contributed by atoms with Gasteiger partial charge in [0, 0.05) is 30.9 Å². The van der Waals surface area contributed by atoms with E-state index in [2.05, 4.69) is 25.5 Å². The Kier molecular flexibility index (Phi) is 4.37. The zero-order valence-corrected chi connectivity index (χ0v) is 14.6. The second-order valence-electron chi connectivity index (χ2n) is 6.16. The average molecular weight is 364 g/mol. The summed E-state index contributed by atoms with van der Waals surface area (Å²) in [5.41, 5.74) is 2.76. The SMILES string of the molecule is Cc1nc(CCNC(=O)c2ccc3nc(-c4ccc(F)cc4)cn3c2)n[nH]1. The number of carbonyl (C=O) groups is 1. The van der Waals surface area contributed by atoms with Gasteiger partial charge in [0.25, 0.3) is 5.91 Å². The highest BCUT2D eigenvalue weighted by atomic mass is 19.1. The number of rotatable bonds is 5. The van der Waals surface area contributed by atoms with Crippen molar-refractivity contribution in [3.63, 3.8) is 0 Å². The molecule has 0 spiro atoms. The summed E-state index contributed by atoms with van der Waals surface area (Å²) in [6.45, 7) is 2.27. The number of fused-ring (bicyclic) bond motifs is 1. The van der Waals surface area contributed by atoms with Gasteiger partial charge in [-0.05, 0) is 43.3 Å². The third-order valence-electron chi connectivity index (χ3n) is 4.13. The normalized spacial score (nSPS) is 11.0. The molecule has 0 aliphatic carbocycles. The molecule has 4 aromatic rings. The number of carbonyl (C=O) groups excluding carboxylic acids is 1. The van der Waals surface area contributed by atoms with Crippen LogP contribution in [0.3, 0.4) is 0 Å². The molecule has 1 aromatic carbocycles. The molecule has 3 heterocycles. The molecular weight excluding hydrogens is 347 g/mol. The second-order valence-corrected chi connectivity index (χ2v) is 6.16. The second kappa shape index (κ2) is 6.99. The first-order chi connectivity index (χ1) is 13.1. The first-order valence-corrected chi connectivity index (χ1v) is 8.49. The lowest BCUT2D eigenvalue weighted by Crippen LogP contribution is -2.26. The van der Waals surface area contributed by atoms with Gasteiger partial charge in [0.15, 0.2) is 5.82 Å². The van der Waals surface area contributed by atoms with Gasteiger partial charge >= 0.3 is 0 Å². The Bertz CT molecular complexity index is 1100. The number of hydrogen-bond acceptors (Lipinski definition) is 4. The molecule has 0 atom stereocenters. The Morgan fingerprint density at radius 3 is 2.70 bits per heavy atom. The molecule has 27 heavy (non-hydrogen) atoms. The third kappa shape index (κ3) is 3.69. The number of nitrogens with zero attached hydrogens (tertiary/aromatic N) is 4. The van der Waals surface area contributed by atoms with Gasteiger partial charge < -0.3 is 9.72 Å². The van der Waals surface area contributed by atoms with Crippen LogP contribution in [0.15, 0.2) is 48.8 Å². The molecule has 8 heteroatoms. The molecule has 0 radical (unpaired) electrons. The fourth-order valence-corrected chi connectivity index (χ4v) is 2.78. The molecule has 1 amide bonds. The van der Waals surface area contributed by atoms with Crippen molar-refractivity contribution in [2.75, 3.05) is 6.54 Å². The van der Waals surface area contributed by atoms with Crippen LogP contribution in [0.4, 0.5) is 4.39 Å². The monoisotopic (exact) mass is 364 g/mol. The quantitative estimate of drug-likeness (QED) is 0.570. The van der Waals surface area contributed by atoms with Crippen molar-refractivity contribution in [3.05, 3.63) is 71.8 Å². The zero-order chi connectivity index (χ0) is 18.8. The first kappa shape index (κ1) is 16.9. The van der Waals surface area contributed by atoms with Crippen LogP contribution in [0.25, 0.3) is 16.9 Å². The number of hydrogen-bond donors (Lipinski definition) is 2. The number of nitrogens with one attached hydrogen (secondary N) is 2. The summed E-state index contributed by atoms with van der Waals surface area (Å²) in [6.07, 6.45) is 4.09. The van der Waals surface area contributed by atoms with Crippen molar-refractivity contribution in [1.29, 1.82) is 0 Å². The van der Waals surface area contributed by atoms with Gasteiger partial charge in [0.2, 0.25) is 0 Å². The summed E-state index contributed by atoms with van der Waals surface area (Å²) in [5.74, 6) is 0.948. The van der Waals surface area contributed by atoms with Gasteiger partial charge in [0.05, 0.1) is 11.3 Å². The van der Waals surface area contributed by atoms with Gasteiger partial charge in [0.1, 0.15) is 17.3 Å². The van der Waals surface area contributed by atoms with Crippen molar-refractivity contribution >= 4 is 11.6 Å². The molecule has 4 rings (SSSR count). The predicted molar refractivity (Wildman–Crippen MR) is 97.7 cm³/mol. The van der Waals surface area contributed by atoms with E-state index >= 15 is 0 Å². The lowest BCUT2D eigenvalue weighted by Gasteiger charge is -2.04. The number of benzene rings is 1. The average Bonchev–Trinajstić information content (AvgIpc) is 3.27. The van der Waals surface area contributed by atoms with Gasteiger partial charge in [-0.2, -0.15) is 5.10 Å². The van der Waals surface area contributed by atoms with E-state index in [1.807, 2.05) is 13.1 Å². The van der Waals surface area contributed by atoms with Crippen LogP contribution in [0, 0.1) is 12.7 Å². The maximum absolute atomic E-state index is 13.1. The van der Waals surface area contributed by atoms with E-state index in [1.54, 1.807) is 34.9 Å². The van der Waals surface area contributed by atoms with Crippen LogP contribution in [0.1, 0.15) is 22.0 Å². The summed E-state index contributed by atoms with van der Waals surface area (Å²) >= 11 is 0. The summed E-state index contributed by atoms with van der Waals surface area (Å²) < 4.78 is 14.9. The Balaban J connectivity index is 1.47. The first-order valence-electron chi connectivity index (χ1n) is 8.49. The highest BCUT2D eigenvalue weighted by Gasteiger charge is 2.10. The number of H-pyrrole nitrogens is 1. The smallest absolute Gasteiger partial charge is 0.252 e. The van der Waals surface area contributed by atoms with Gasteiger partial charge in [-0.15, -0.1) is 0 Å². The Hall–Kier alpha value is -3.55. The number of aromatic amines is 1. The standard InChI is InChI=1S/C19H17FN6O/c1-12-22-17(25-24-12)8-9-21-19(27)14-4-7-18-23-16(11-26(18)10-14)13-2-5-15(20)6-3-13/h2-7,10-11H,8-9H2,1H3,(H,21,27)(H,22,24,25). The van der Waals surface area contributed by atoms with Gasteiger partial charge in [-0.25, -0.2) is 14.4 Å². The Labute approximate surface area is 154 Å². The van der Waals surface area contributed by atoms with Crippen LogP contribution < -0.4 is 5.32 Å². The highest BCUT2D eigenvalue weighted by molar-refractivity contribution is 5.94. The molecule has 0 unspecified atom stereocenters. The van der Waals surface area contributed by atoms with Crippen LogP contribution >= 0.6 is 0 Å². The largest absolute Gasteiger partial charge is 0.352 e. The number of halogens is 1. The van der Waals surface area contributed by atoms with Crippen LogP contribution in [-0.4, -0.2) is 37.0 Å². The number of amides is 1. The molecule has 2 N–H and O–H groups in total.